The van der Waals surface area contributed by atoms with Crippen molar-refractivity contribution in [2.75, 3.05) is 38.0 Å². The van der Waals surface area contributed by atoms with E-state index in [9.17, 15) is 23.5 Å². The molecule has 160 valence electrons. The molecule has 0 bridgehead atoms. The number of halogens is 2. The molecule has 0 aliphatic carbocycles. The van der Waals surface area contributed by atoms with E-state index in [1.165, 1.54) is 4.90 Å². The zero-order chi connectivity index (χ0) is 22.0. The Hall–Kier alpha value is -3.00. The fourth-order valence-electron chi connectivity index (χ4n) is 3.60. The molecule has 0 saturated carbocycles. The highest BCUT2D eigenvalue weighted by Crippen LogP contribution is 2.31. The number of aryl methyl sites for hydroxylation is 2. The van der Waals surface area contributed by atoms with Crippen molar-refractivity contribution in [2.24, 2.45) is 0 Å². The number of hydrogen-bond acceptors (Lipinski definition) is 4. The Morgan fingerprint density at radius 1 is 1.03 bits per heavy atom. The van der Waals surface area contributed by atoms with Crippen molar-refractivity contribution >= 4 is 23.3 Å². The summed E-state index contributed by atoms with van der Waals surface area (Å²) < 4.78 is 29.8. The number of amides is 1. The van der Waals surface area contributed by atoms with Gasteiger partial charge in [0.15, 0.2) is 11.6 Å². The van der Waals surface area contributed by atoms with E-state index in [0.717, 1.165) is 23.7 Å². The first-order valence-electron chi connectivity index (χ1n) is 9.84. The van der Waals surface area contributed by atoms with Crippen molar-refractivity contribution in [2.45, 2.75) is 20.8 Å². The Balaban J connectivity index is 1.98. The number of nitrogens with zero attached hydrogens (tertiary/aromatic N) is 2. The number of benzene rings is 2. The van der Waals surface area contributed by atoms with Crippen molar-refractivity contribution in [3.63, 3.8) is 0 Å². The Labute approximate surface area is 174 Å². The number of rotatable bonds is 5. The van der Waals surface area contributed by atoms with E-state index in [2.05, 4.69) is 10.2 Å². The van der Waals surface area contributed by atoms with Crippen LogP contribution in [0.4, 0.5) is 20.2 Å². The summed E-state index contributed by atoms with van der Waals surface area (Å²) in [7, 11) is 0. The molecule has 3 rings (SSSR count). The van der Waals surface area contributed by atoms with Gasteiger partial charge in [-0.15, -0.1) is 0 Å². The molecule has 30 heavy (non-hydrogen) atoms. The Kier molecular flexibility index (Phi) is 6.36. The Morgan fingerprint density at radius 3 is 2.27 bits per heavy atom. The van der Waals surface area contributed by atoms with Gasteiger partial charge in [-0.1, -0.05) is 24.6 Å². The number of aromatic carboxylic acids is 1. The largest absolute Gasteiger partial charge is 0.478 e. The summed E-state index contributed by atoms with van der Waals surface area (Å²) >= 11 is 0. The number of carbonyl (C=O) groups excluding carboxylic acids is 1. The number of carboxylic acid groups (broad SMARTS) is 1. The molecule has 1 heterocycles. The number of anilines is 2. The summed E-state index contributed by atoms with van der Waals surface area (Å²) in [6, 6.07) is 6.20. The molecule has 1 aliphatic heterocycles. The van der Waals surface area contributed by atoms with Gasteiger partial charge in [0.2, 0.25) is 0 Å². The van der Waals surface area contributed by atoms with E-state index in [0.29, 0.717) is 31.9 Å². The van der Waals surface area contributed by atoms with Gasteiger partial charge in [-0.2, -0.15) is 0 Å². The van der Waals surface area contributed by atoms with Gasteiger partial charge in [0.05, 0.1) is 16.8 Å². The number of hydrogen-bond donors (Lipinski definition) is 2. The van der Waals surface area contributed by atoms with Gasteiger partial charge in [-0.25, -0.2) is 13.6 Å². The fraction of sp³-hybridized carbons (Fsp3) is 0.364. The lowest BCUT2D eigenvalue weighted by Crippen LogP contribution is -2.48. The topological polar surface area (TPSA) is 72.9 Å². The predicted molar refractivity (Wildman–Crippen MR) is 111 cm³/mol. The lowest BCUT2D eigenvalue weighted by molar-refractivity contribution is 0.0637. The molecule has 1 aliphatic rings. The third-order valence-electron chi connectivity index (χ3n) is 5.42. The maximum absolute atomic E-state index is 14.9. The van der Waals surface area contributed by atoms with Gasteiger partial charge in [-0.05, 0) is 38.1 Å². The van der Waals surface area contributed by atoms with Gasteiger partial charge < -0.3 is 20.2 Å². The molecule has 1 amide bonds. The highest BCUT2D eigenvalue weighted by atomic mass is 19.2. The molecule has 0 spiro atoms. The van der Waals surface area contributed by atoms with Crippen molar-refractivity contribution in [3.8, 4) is 0 Å². The number of carbonyl (C=O) groups is 2. The van der Waals surface area contributed by atoms with Crippen LogP contribution in [0.25, 0.3) is 0 Å². The fourth-order valence-corrected chi connectivity index (χ4v) is 3.60. The first-order valence-corrected chi connectivity index (χ1v) is 9.84. The predicted octanol–water partition coefficient (Wildman–Crippen LogP) is 3.80. The number of carboxylic acids is 1. The first-order chi connectivity index (χ1) is 14.2. The number of nitrogens with one attached hydrogen (secondary N) is 1. The molecule has 0 aromatic heterocycles. The van der Waals surface area contributed by atoms with Crippen LogP contribution in [0.5, 0.6) is 0 Å². The molecule has 2 N–H and O–H groups in total. The molecule has 1 saturated heterocycles. The van der Waals surface area contributed by atoms with Crippen molar-refractivity contribution in [1.29, 1.82) is 0 Å². The second-order valence-electron chi connectivity index (χ2n) is 7.45. The summed E-state index contributed by atoms with van der Waals surface area (Å²) in [5, 5.41) is 12.3. The zero-order valence-corrected chi connectivity index (χ0v) is 17.3. The highest BCUT2D eigenvalue weighted by molar-refractivity contribution is 6.01. The molecule has 0 atom stereocenters. The van der Waals surface area contributed by atoms with Crippen molar-refractivity contribution in [1.82, 2.24) is 9.80 Å². The van der Waals surface area contributed by atoms with E-state index < -0.39 is 40.3 Å². The standard InChI is InChI=1S/C22H25F2N3O3/c1-4-26-7-9-27(10-8-26)21(28)15-12-16(22(29)30)20(19(24)18(15)23)25-17-6-5-13(2)11-14(17)3/h5-6,11-12,25H,4,7-10H2,1-3H3,(H,29,30). The minimum absolute atomic E-state index is 0.374. The molecular formula is C22H25F2N3O3. The maximum Gasteiger partial charge on any atom is 0.337 e. The highest BCUT2D eigenvalue weighted by Gasteiger charge is 2.29. The lowest BCUT2D eigenvalue weighted by atomic mass is 10.0. The van der Waals surface area contributed by atoms with Crippen LogP contribution in [0.1, 0.15) is 38.8 Å². The van der Waals surface area contributed by atoms with E-state index in [1.54, 1.807) is 19.1 Å². The summed E-state index contributed by atoms with van der Waals surface area (Å²) in [5.74, 6) is -4.89. The second-order valence-corrected chi connectivity index (χ2v) is 7.45. The van der Waals surface area contributed by atoms with E-state index in [4.69, 9.17) is 0 Å². The van der Waals surface area contributed by atoms with Gasteiger partial charge >= 0.3 is 5.97 Å². The maximum atomic E-state index is 14.9. The van der Waals surface area contributed by atoms with Crippen LogP contribution >= 0.6 is 0 Å². The summed E-state index contributed by atoms with van der Waals surface area (Å²) in [5.41, 5.74) is 0.619. The summed E-state index contributed by atoms with van der Waals surface area (Å²) in [6.07, 6.45) is 0. The SMILES string of the molecule is CCN1CCN(C(=O)c2cc(C(=O)O)c(Nc3ccc(C)cc3C)c(F)c2F)CC1. The minimum atomic E-state index is -1.45. The van der Waals surface area contributed by atoms with Crippen LogP contribution in [0.3, 0.4) is 0 Å². The Morgan fingerprint density at radius 2 is 1.70 bits per heavy atom. The first kappa shape index (κ1) is 21.7. The molecule has 6 nitrogen and oxygen atoms in total. The smallest absolute Gasteiger partial charge is 0.337 e. The third-order valence-corrected chi connectivity index (χ3v) is 5.42. The van der Waals surface area contributed by atoms with Crippen LogP contribution < -0.4 is 5.32 Å². The van der Waals surface area contributed by atoms with E-state index in [-0.39, 0.29) is 0 Å². The molecule has 2 aromatic rings. The molecule has 1 fully saturated rings. The van der Waals surface area contributed by atoms with E-state index in [1.807, 2.05) is 19.9 Å². The normalized spacial score (nSPS) is 14.6. The van der Waals surface area contributed by atoms with Gasteiger partial charge in [-0.3, -0.25) is 4.79 Å². The average Bonchev–Trinajstić information content (AvgIpc) is 2.72. The molecule has 2 aromatic carbocycles. The number of likely N-dealkylation sites (N-methyl/N-ethyl adjacent to an activating group) is 1. The number of piperazine rings is 1. The van der Waals surface area contributed by atoms with Crippen LogP contribution in [0, 0.1) is 25.5 Å². The average molecular weight is 417 g/mol. The molecule has 0 unspecified atom stereocenters. The summed E-state index contributed by atoms with van der Waals surface area (Å²) in [6.45, 7) is 8.52. The quantitative estimate of drug-likeness (QED) is 0.774. The Bertz CT molecular complexity index is 986. The molecule has 0 radical (unpaired) electrons. The van der Waals surface area contributed by atoms with Crippen molar-refractivity contribution < 1.29 is 23.5 Å². The molecular weight excluding hydrogens is 392 g/mol. The monoisotopic (exact) mass is 417 g/mol. The minimum Gasteiger partial charge on any atom is -0.478 e. The summed E-state index contributed by atoms with van der Waals surface area (Å²) in [4.78, 5) is 28.1. The van der Waals surface area contributed by atoms with Crippen LogP contribution in [-0.4, -0.2) is 59.5 Å². The van der Waals surface area contributed by atoms with Gasteiger partial charge in [0.1, 0.15) is 0 Å². The van der Waals surface area contributed by atoms with Crippen LogP contribution in [-0.2, 0) is 0 Å². The zero-order valence-electron chi connectivity index (χ0n) is 17.3. The van der Waals surface area contributed by atoms with Gasteiger partial charge in [0.25, 0.3) is 5.91 Å². The van der Waals surface area contributed by atoms with Crippen LogP contribution in [0.15, 0.2) is 24.3 Å². The second kappa shape index (κ2) is 8.79. The van der Waals surface area contributed by atoms with Gasteiger partial charge in [0, 0.05) is 31.9 Å². The van der Waals surface area contributed by atoms with E-state index >= 15 is 0 Å². The lowest BCUT2D eigenvalue weighted by Gasteiger charge is -2.34. The van der Waals surface area contributed by atoms with Crippen molar-refractivity contribution in [3.05, 3.63) is 58.2 Å². The van der Waals surface area contributed by atoms with Crippen LogP contribution in [0.2, 0.25) is 0 Å². The third kappa shape index (κ3) is 4.28. The molecule has 8 heteroatoms.